The second-order valence-electron chi connectivity index (χ2n) is 4.76. The van der Waals surface area contributed by atoms with Gasteiger partial charge in [0.15, 0.2) is 0 Å². The summed E-state index contributed by atoms with van der Waals surface area (Å²) in [4.78, 5) is 0. The van der Waals surface area contributed by atoms with Crippen LogP contribution in [0.1, 0.15) is 11.1 Å². The smallest absolute Gasteiger partial charge is 0.0658 e. The van der Waals surface area contributed by atoms with E-state index < -0.39 is 0 Å². The monoisotopic (exact) mass is 258 g/mol. The van der Waals surface area contributed by atoms with Gasteiger partial charge in [-0.3, -0.25) is 0 Å². The van der Waals surface area contributed by atoms with E-state index in [0.717, 1.165) is 18.5 Å². The molecule has 0 aromatic heterocycles. The highest BCUT2D eigenvalue weighted by Gasteiger charge is 2.21. The van der Waals surface area contributed by atoms with E-state index in [1.165, 1.54) is 11.1 Å². The Morgan fingerprint density at radius 2 is 1.72 bits per heavy atom. The van der Waals surface area contributed by atoms with Gasteiger partial charge in [-0.25, -0.2) is 0 Å². The van der Waals surface area contributed by atoms with Crippen LogP contribution in [0.5, 0.6) is 0 Å². The molecular formula is C15H15ClN2. The van der Waals surface area contributed by atoms with E-state index in [4.69, 9.17) is 17.3 Å². The number of fused-ring (bicyclic) bond motifs is 1. The van der Waals surface area contributed by atoms with Gasteiger partial charge in [0.2, 0.25) is 0 Å². The number of rotatable bonds is 2. The molecule has 1 aliphatic carbocycles. The lowest BCUT2D eigenvalue weighted by Crippen LogP contribution is -2.19. The molecule has 3 heteroatoms. The SMILES string of the molecule is Nc1ccc(NC2Cc3ccccc3C2)c(Cl)c1. The number of anilines is 2. The van der Waals surface area contributed by atoms with E-state index in [1.807, 2.05) is 12.1 Å². The molecule has 0 aliphatic heterocycles. The molecule has 2 aromatic rings. The van der Waals surface area contributed by atoms with Gasteiger partial charge in [0.25, 0.3) is 0 Å². The topological polar surface area (TPSA) is 38.0 Å². The third-order valence-electron chi connectivity index (χ3n) is 3.40. The van der Waals surface area contributed by atoms with Crippen molar-refractivity contribution >= 4 is 23.0 Å². The Morgan fingerprint density at radius 1 is 1.06 bits per heavy atom. The van der Waals surface area contributed by atoms with E-state index in [0.29, 0.717) is 16.8 Å². The summed E-state index contributed by atoms with van der Waals surface area (Å²) in [5, 5.41) is 4.18. The summed E-state index contributed by atoms with van der Waals surface area (Å²) in [6.07, 6.45) is 2.10. The predicted molar refractivity (Wildman–Crippen MR) is 77.1 cm³/mol. The van der Waals surface area contributed by atoms with Crippen LogP contribution < -0.4 is 11.1 Å². The van der Waals surface area contributed by atoms with E-state index in [-0.39, 0.29) is 0 Å². The molecule has 0 heterocycles. The first kappa shape index (κ1) is 11.4. The van der Waals surface area contributed by atoms with Crippen LogP contribution in [-0.4, -0.2) is 6.04 Å². The summed E-state index contributed by atoms with van der Waals surface area (Å²) in [5.41, 5.74) is 10.2. The molecule has 0 spiro atoms. The van der Waals surface area contributed by atoms with Gasteiger partial charge in [-0.1, -0.05) is 35.9 Å². The lowest BCUT2D eigenvalue weighted by atomic mass is 10.1. The molecule has 0 unspecified atom stereocenters. The minimum Gasteiger partial charge on any atom is -0.399 e. The molecule has 0 radical (unpaired) electrons. The largest absolute Gasteiger partial charge is 0.399 e. The first-order chi connectivity index (χ1) is 8.72. The lowest BCUT2D eigenvalue weighted by molar-refractivity contribution is 0.774. The zero-order valence-electron chi connectivity index (χ0n) is 9.99. The second-order valence-corrected chi connectivity index (χ2v) is 5.16. The van der Waals surface area contributed by atoms with Crippen LogP contribution in [0.25, 0.3) is 0 Å². The molecule has 3 rings (SSSR count). The number of nitrogen functional groups attached to an aromatic ring is 1. The minimum absolute atomic E-state index is 0.420. The Kier molecular flexibility index (Phi) is 2.88. The van der Waals surface area contributed by atoms with Gasteiger partial charge < -0.3 is 11.1 Å². The highest BCUT2D eigenvalue weighted by atomic mass is 35.5. The van der Waals surface area contributed by atoms with Crippen LogP contribution in [0.4, 0.5) is 11.4 Å². The number of halogens is 1. The van der Waals surface area contributed by atoms with E-state index >= 15 is 0 Å². The van der Waals surface area contributed by atoms with Crippen LogP contribution in [0.2, 0.25) is 5.02 Å². The first-order valence-electron chi connectivity index (χ1n) is 6.11. The number of nitrogens with two attached hydrogens (primary N) is 1. The van der Waals surface area contributed by atoms with Gasteiger partial charge in [0.05, 0.1) is 10.7 Å². The zero-order chi connectivity index (χ0) is 12.5. The molecule has 92 valence electrons. The third kappa shape index (κ3) is 2.16. The summed E-state index contributed by atoms with van der Waals surface area (Å²) in [6, 6.07) is 14.6. The molecule has 0 atom stereocenters. The highest BCUT2D eigenvalue weighted by Crippen LogP contribution is 2.29. The van der Waals surface area contributed by atoms with Crippen molar-refractivity contribution in [1.82, 2.24) is 0 Å². The standard InChI is InChI=1S/C15H15ClN2/c16-14-9-12(17)5-6-15(14)18-13-7-10-3-1-2-4-11(10)8-13/h1-6,9,13,18H,7-8,17H2. The number of hydrogen-bond donors (Lipinski definition) is 2. The molecule has 0 amide bonds. The van der Waals surface area contributed by atoms with Crippen molar-refractivity contribution in [2.24, 2.45) is 0 Å². The third-order valence-corrected chi connectivity index (χ3v) is 3.72. The Labute approximate surface area is 112 Å². The van der Waals surface area contributed by atoms with Gasteiger partial charge in [0, 0.05) is 11.7 Å². The molecule has 0 bridgehead atoms. The number of hydrogen-bond acceptors (Lipinski definition) is 2. The van der Waals surface area contributed by atoms with Crippen molar-refractivity contribution < 1.29 is 0 Å². The van der Waals surface area contributed by atoms with E-state index in [1.54, 1.807) is 6.07 Å². The minimum atomic E-state index is 0.420. The molecule has 0 fully saturated rings. The van der Waals surface area contributed by atoms with Crippen LogP contribution in [0.3, 0.4) is 0 Å². The van der Waals surface area contributed by atoms with Crippen molar-refractivity contribution in [3.63, 3.8) is 0 Å². The maximum Gasteiger partial charge on any atom is 0.0658 e. The van der Waals surface area contributed by atoms with Crippen molar-refractivity contribution in [2.75, 3.05) is 11.1 Å². The van der Waals surface area contributed by atoms with Crippen molar-refractivity contribution in [1.29, 1.82) is 0 Å². The Morgan fingerprint density at radius 3 is 2.33 bits per heavy atom. The molecule has 1 aliphatic rings. The highest BCUT2D eigenvalue weighted by molar-refractivity contribution is 6.33. The van der Waals surface area contributed by atoms with Crippen LogP contribution in [0, 0.1) is 0 Å². The number of benzene rings is 2. The predicted octanol–water partition coefficient (Wildman–Crippen LogP) is 3.50. The molecule has 18 heavy (non-hydrogen) atoms. The van der Waals surface area contributed by atoms with E-state index in [2.05, 4.69) is 29.6 Å². The van der Waals surface area contributed by atoms with Crippen molar-refractivity contribution in [3.8, 4) is 0 Å². The molecule has 3 N–H and O–H groups in total. The summed E-state index contributed by atoms with van der Waals surface area (Å²) in [7, 11) is 0. The summed E-state index contributed by atoms with van der Waals surface area (Å²) in [5.74, 6) is 0. The fraction of sp³-hybridized carbons (Fsp3) is 0.200. The van der Waals surface area contributed by atoms with Gasteiger partial charge in [0.1, 0.15) is 0 Å². The van der Waals surface area contributed by atoms with E-state index in [9.17, 15) is 0 Å². The normalized spacial score (nSPS) is 14.5. The van der Waals surface area contributed by atoms with Gasteiger partial charge >= 0.3 is 0 Å². The van der Waals surface area contributed by atoms with Gasteiger partial charge in [-0.15, -0.1) is 0 Å². The number of nitrogens with one attached hydrogen (secondary N) is 1. The lowest BCUT2D eigenvalue weighted by Gasteiger charge is -2.15. The molecule has 0 saturated carbocycles. The van der Waals surface area contributed by atoms with Crippen molar-refractivity contribution in [2.45, 2.75) is 18.9 Å². The van der Waals surface area contributed by atoms with Crippen LogP contribution in [0.15, 0.2) is 42.5 Å². The van der Waals surface area contributed by atoms with Crippen LogP contribution in [-0.2, 0) is 12.8 Å². The Hall–Kier alpha value is -1.67. The second kappa shape index (κ2) is 4.54. The maximum atomic E-state index is 6.18. The summed E-state index contributed by atoms with van der Waals surface area (Å²) < 4.78 is 0. The first-order valence-corrected chi connectivity index (χ1v) is 6.48. The van der Waals surface area contributed by atoms with Crippen LogP contribution >= 0.6 is 11.6 Å². The maximum absolute atomic E-state index is 6.18. The quantitative estimate of drug-likeness (QED) is 0.809. The van der Waals surface area contributed by atoms with Crippen molar-refractivity contribution in [3.05, 3.63) is 58.6 Å². The van der Waals surface area contributed by atoms with Gasteiger partial charge in [-0.2, -0.15) is 0 Å². The fourth-order valence-corrected chi connectivity index (χ4v) is 2.77. The molecule has 2 nitrogen and oxygen atoms in total. The fourth-order valence-electron chi connectivity index (χ4n) is 2.53. The average molecular weight is 259 g/mol. The summed E-state index contributed by atoms with van der Waals surface area (Å²) >= 11 is 6.18. The Balaban J connectivity index is 1.76. The molecule has 0 saturated heterocycles. The molecule has 2 aromatic carbocycles. The zero-order valence-corrected chi connectivity index (χ0v) is 10.7. The molecular weight excluding hydrogens is 244 g/mol. The Bertz CT molecular complexity index is 555. The van der Waals surface area contributed by atoms with Gasteiger partial charge in [-0.05, 0) is 42.2 Å². The average Bonchev–Trinajstić information content (AvgIpc) is 2.75. The summed E-state index contributed by atoms with van der Waals surface area (Å²) in [6.45, 7) is 0.